The van der Waals surface area contributed by atoms with Gasteiger partial charge in [-0.3, -0.25) is 9.59 Å². The molecule has 3 aliphatic rings. The Morgan fingerprint density at radius 1 is 1.11 bits per heavy atom. The molecule has 8 heteroatoms. The molecule has 152 valence electrons. The zero-order valence-corrected chi connectivity index (χ0v) is 16.2. The Morgan fingerprint density at radius 3 is 2.36 bits per heavy atom. The van der Waals surface area contributed by atoms with E-state index >= 15 is 0 Å². The zero-order chi connectivity index (χ0) is 19.8. The fraction of sp³-hybridized carbons (Fsp3) is 0.700. The van der Waals surface area contributed by atoms with Gasteiger partial charge in [-0.1, -0.05) is 0 Å². The summed E-state index contributed by atoms with van der Waals surface area (Å²) >= 11 is 0. The van der Waals surface area contributed by atoms with Crippen LogP contribution < -0.4 is 11.1 Å². The Labute approximate surface area is 164 Å². The van der Waals surface area contributed by atoms with Gasteiger partial charge in [-0.15, -0.1) is 0 Å². The third kappa shape index (κ3) is 3.97. The number of hydrogen-bond acceptors (Lipinski definition) is 6. The molecule has 2 aliphatic carbocycles. The predicted octanol–water partition coefficient (Wildman–Crippen LogP) is 1.11. The molecule has 1 aromatic rings. The molecule has 0 bridgehead atoms. The maximum absolute atomic E-state index is 12.8. The van der Waals surface area contributed by atoms with E-state index in [-0.39, 0.29) is 29.9 Å². The summed E-state index contributed by atoms with van der Waals surface area (Å²) in [5, 5.41) is 13.5. The van der Waals surface area contributed by atoms with Crippen LogP contribution in [-0.4, -0.2) is 57.0 Å². The molecule has 2 heterocycles. The summed E-state index contributed by atoms with van der Waals surface area (Å²) in [7, 11) is 0. The number of carbonyl (C=O) groups is 2. The molecular formula is C20H29N5O3. The van der Waals surface area contributed by atoms with E-state index in [9.17, 15) is 14.7 Å². The van der Waals surface area contributed by atoms with Gasteiger partial charge in [0, 0.05) is 37.9 Å². The summed E-state index contributed by atoms with van der Waals surface area (Å²) in [5.74, 6) is 0.00674. The van der Waals surface area contributed by atoms with Crippen molar-refractivity contribution in [2.45, 2.75) is 57.0 Å². The predicted molar refractivity (Wildman–Crippen MR) is 103 cm³/mol. The molecule has 0 radical (unpaired) electrons. The van der Waals surface area contributed by atoms with Crippen molar-refractivity contribution in [3.63, 3.8) is 0 Å². The highest BCUT2D eigenvalue weighted by atomic mass is 16.3. The summed E-state index contributed by atoms with van der Waals surface area (Å²) < 4.78 is 0. The van der Waals surface area contributed by atoms with Crippen LogP contribution >= 0.6 is 0 Å². The number of anilines is 1. The molecule has 4 rings (SSSR count). The Hall–Kier alpha value is -2.22. The van der Waals surface area contributed by atoms with Crippen LogP contribution in [0.5, 0.6) is 0 Å². The van der Waals surface area contributed by atoms with Crippen LogP contribution in [0.2, 0.25) is 0 Å². The van der Waals surface area contributed by atoms with E-state index in [2.05, 4.69) is 15.3 Å². The van der Waals surface area contributed by atoms with E-state index in [1.54, 1.807) is 0 Å². The van der Waals surface area contributed by atoms with Crippen LogP contribution in [0.15, 0.2) is 12.4 Å². The topological polar surface area (TPSA) is 121 Å². The number of likely N-dealkylation sites (tertiary alicyclic amines) is 1. The smallest absolute Gasteiger partial charge is 0.273 e. The van der Waals surface area contributed by atoms with Gasteiger partial charge in [-0.05, 0) is 56.8 Å². The van der Waals surface area contributed by atoms with E-state index in [0.29, 0.717) is 31.3 Å². The van der Waals surface area contributed by atoms with Crippen molar-refractivity contribution in [3.05, 3.63) is 18.1 Å². The molecule has 0 atom stereocenters. The highest BCUT2D eigenvalue weighted by Crippen LogP contribution is 2.57. The monoisotopic (exact) mass is 387 g/mol. The van der Waals surface area contributed by atoms with Gasteiger partial charge in [0.2, 0.25) is 5.91 Å². The van der Waals surface area contributed by atoms with Crippen molar-refractivity contribution in [3.8, 4) is 0 Å². The number of nitrogens with zero attached hydrogens (tertiary/aromatic N) is 3. The van der Waals surface area contributed by atoms with Gasteiger partial charge in [-0.25, -0.2) is 9.97 Å². The molecule has 8 nitrogen and oxygen atoms in total. The van der Waals surface area contributed by atoms with Crippen molar-refractivity contribution in [1.82, 2.24) is 20.2 Å². The Balaban J connectivity index is 1.25. The van der Waals surface area contributed by atoms with E-state index < -0.39 is 11.5 Å². The second-order valence-corrected chi connectivity index (χ2v) is 8.80. The van der Waals surface area contributed by atoms with E-state index in [1.165, 1.54) is 38.1 Å². The third-order valence-corrected chi connectivity index (χ3v) is 6.88. The molecule has 3 fully saturated rings. The lowest BCUT2D eigenvalue weighted by Gasteiger charge is -2.40. The molecule has 28 heavy (non-hydrogen) atoms. The van der Waals surface area contributed by atoms with Gasteiger partial charge in [-0.2, -0.15) is 0 Å². The molecular weight excluding hydrogens is 358 g/mol. The molecule has 1 aliphatic heterocycles. The number of nitrogens with two attached hydrogens (primary N) is 1. The molecule has 2 amide bonds. The lowest BCUT2D eigenvalue weighted by atomic mass is 9.79. The highest BCUT2D eigenvalue weighted by molar-refractivity contribution is 5.96. The summed E-state index contributed by atoms with van der Waals surface area (Å²) in [6.07, 6.45) is 10.8. The first-order chi connectivity index (χ1) is 13.4. The third-order valence-electron chi connectivity index (χ3n) is 6.88. The quantitative estimate of drug-likeness (QED) is 0.712. The summed E-state index contributed by atoms with van der Waals surface area (Å²) in [6.45, 7) is 1.16. The summed E-state index contributed by atoms with van der Waals surface area (Å²) in [4.78, 5) is 34.7. The van der Waals surface area contributed by atoms with Gasteiger partial charge in [0.1, 0.15) is 0 Å². The number of nitrogen functional groups attached to an aromatic ring is 1. The number of aromatic nitrogens is 2. The summed E-state index contributed by atoms with van der Waals surface area (Å²) in [6, 6.07) is 0. The number of nitrogens with one attached hydrogen (secondary N) is 1. The Kier molecular flexibility index (Phi) is 4.99. The number of rotatable bonds is 4. The lowest BCUT2D eigenvalue weighted by molar-refractivity contribution is -0.141. The van der Waals surface area contributed by atoms with Crippen molar-refractivity contribution in [2.24, 2.45) is 11.3 Å². The minimum atomic E-state index is -1.02. The Morgan fingerprint density at radius 2 is 1.75 bits per heavy atom. The number of amides is 2. The van der Waals surface area contributed by atoms with Crippen molar-refractivity contribution < 1.29 is 14.7 Å². The SMILES string of the molecule is Nc1nccnc1C(=O)NCC1(O)CCN(C(=O)C2CCC3(CC2)CC3)CC1. The van der Waals surface area contributed by atoms with Crippen molar-refractivity contribution in [1.29, 1.82) is 0 Å². The van der Waals surface area contributed by atoms with Crippen molar-refractivity contribution in [2.75, 3.05) is 25.4 Å². The van der Waals surface area contributed by atoms with E-state index in [4.69, 9.17) is 5.73 Å². The highest BCUT2D eigenvalue weighted by Gasteiger charge is 2.46. The summed E-state index contributed by atoms with van der Waals surface area (Å²) in [5.41, 5.74) is 5.29. The molecule has 4 N–H and O–H groups in total. The maximum atomic E-state index is 12.8. The molecule has 0 unspecified atom stereocenters. The molecule has 0 aromatic carbocycles. The number of piperidine rings is 1. The van der Waals surface area contributed by atoms with Crippen LogP contribution in [0, 0.1) is 11.3 Å². The fourth-order valence-electron chi connectivity index (χ4n) is 4.58. The van der Waals surface area contributed by atoms with Crippen LogP contribution in [0.3, 0.4) is 0 Å². The van der Waals surface area contributed by atoms with Crippen LogP contribution in [0.4, 0.5) is 5.82 Å². The van der Waals surface area contributed by atoms with Crippen LogP contribution in [0.25, 0.3) is 0 Å². The van der Waals surface area contributed by atoms with Crippen LogP contribution in [0.1, 0.15) is 61.9 Å². The minimum absolute atomic E-state index is 0.0597. The first-order valence-corrected chi connectivity index (χ1v) is 10.3. The number of carbonyl (C=O) groups excluding carboxylic acids is 2. The van der Waals surface area contributed by atoms with Gasteiger partial charge < -0.3 is 21.1 Å². The molecule has 1 spiro atoms. The zero-order valence-electron chi connectivity index (χ0n) is 16.2. The fourth-order valence-corrected chi connectivity index (χ4v) is 4.58. The maximum Gasteiger partial charge on any atom is 0.273 e. The van der Waals surface area contributed by atoms with Gasteiger partial charge in [0.25, 0.3) is 5.91 Å². The molecule has 1 aromatic heterocycles. The minimum Gasteiger partial charge on any atom is -0.388 e. The standard InChI is InChI=1S/C20H29N5O3/c21-16-15(22-9-10-23-16)17(26)24-13-20(28)7-11-25(12-8-20)18(27)14-1-3-19(4-2-14)5-6-19/h9-10,14,28H,1-8,11-13H2,(H2,21,23)(H,24,26). The number of hydrogen-bond donors (Lipinski definition) is 3. The first kappa shape index (κ1) is 19.1. The average molecular weight is 387 g/mol. The van der Waals surface area contributed by atoms with E-state index in [1.807, 2.05) is 4.90 Å². The van der Waals surface area contributed by atoms with Gasteiger partial charge in [0.15, 0.2) is 11.5 Å². The van der Waals surface area contributed by atoms with Gasteiger partial charge >= 0.3 is 0 Å². The lowest BCUT2D eigenvalue weighted by Crippen LogP contribution is -2.53. The Bertz CT molecular complexity index is 746. The first-order valence-electron chi connectivity index (χ1n) is 10.3. The van der Waals surface area contributed by atoms with Crippen LogP contribution in [-0.2, 0) is 4.79 Å². The van der Waals surface area contributed by atoms with Crippen molar-refractivity contribution >= 4 is 17.6 Å². The number of aliphatic hydroxyl groups is 1. The second kappa shape index (κ2) is 7.31. The normalized spacial score (nSPS) is 23.4. The second-order valence-electron chi connectivity index (χ2n) is 8.80. The van der Waals surface area contributed by atoms with Gasteiger partial charge in [0.05, 0.1) is 5.60 Å². The molecule has 2 saturated carbocycles. The average Bonchev–Trinajstić information content (AvgIpc) is 3.46. The largest absolute Gasteiger partial charge is 0.388 e. The van der Waals surface area contributed by atoms with E-state index in [0.717, 1.165) is 12.8 Å². The molecule has 1 saturated heterocycles.